The number of nitrogens with zero attached hydrogens (tertiary/aromatic N) is 3. The summed E-state index contributed by atoms with van der Waals surface area (Å²) in [5.74, 6) is 0. The Balaban J connectivity index is 1.91. The maximum Gasteiger partial charge on any atom is 0.111 e. The molecule has 1 saturated heterocycles. The fourth-order valence-corrected chi connectivity index (χ4v) is 3.05. The Kier molecular flexibility index (Phi) is 3.57. The molecule has 1 aliphatic heterocycles. The zero-order chi connectivity index (χ0) is 14.1. The van der Waals surface area contributed by atoms with Crippen LogP contribution in [0.15, 0.2) is 24.3 Å². The maximum atomic E-state index is 4.85. The van der Waals surface area contributed by atoms with E-state index in [9.17, 15) is 0 Å². The molecule has 0 bridgehead atoms. The van der Waals surface area contributed by atoms with Crippen molar-refractivity contribution in [1.82, 2.24) is 20.1 Å². The van der Waals surface area contributed by atoms with E-state index in [2.05, 4.69) is 41.1 Å². The second kappa shape index (κ2) is 5.37. The van der Waals surface area contributed by atoms with Gasteiger partial charge in [-0.2, -0.15) is 5.10 Å². The van der Waals surface area contributed by atoms with E-state index in [4.69, 9.17) is 4.98 Å². The van der Waals surface area contributed by atoms with Crippen LogP contribution in [0.2, 0.25) is 0 Å². The van der Waals surface area contributed by atoms with Crippen molar-refractivity contribution in [2.45, 2.75) is 45.7 Å². The van der Waals surface area contributed by atoms with Crippen LogP contribution in [-0.2, 0) is 0 Å². The first-order chi connectivity index (χ1) is 9.65. The molecule has 106 valence electrons. The lowest BCUT2D eigenvalue weighted by atomic mass is 10.1. The van der Waals surface area contributed by atoms with Crippen molar-refractivity contribution >= 4 is 0 Å². The smallest absolute Gasteiger partial charge is 0.111 e. The van der Waals surface area contributed by atoms with Gasteiger partial charge in [0.05, 0.1) is 17.4 Å². The van der Waals surface area contributed by atoms with Crippen LogP contribution in [0.4, 0.5) is 0 Å². The molecule has 0 spiro atoms. The second-order valence-corrected chi connectivity index (χ2v) is 5.87. The largest absolute Gasteiger partial charge is 0.292 e. The Hall–Kier alpha value is -1.68. The molecule has 0 aliphatic carbocycles. The van der Waals surface area contributed by atoms with Crippen LogP contribution in [0.5, 0.6) is 0 Å². The van der Waals surface area contributed by atoms with Gasteiger partial charge in [-0.05, 0) is 58.4 Å². The van der Waals surface area contributed by atoms with E-state index in [1.54, 1.807) is 0 Å². The van der Waals surface area contributed by atoms with Crippen molar-refractivity contribution < 1.29 is 0 Å². The summed E-state index contributed by atoms with van der Waals surface area (Å²) < 4.78 is 0. The van der Waals surface area contributed by atoms with E-state index in [-0.39, 0.29) is 0 Å². The maximum absolute atomic E-state index is 4.85. The fraction of sp³-hybridized carbons (Fsp3) is 0.500. The van der Waals surface area contributed by atoms with Crippen molar-refractivity contribution in [2.75, 3.05) is 6.54 Å². The second-order valence-electron chi connectivity index (χ2n) is 5.87. The van der Waals surface area contributed by atoms with Crippen molar-refractivity contribution in [3.8, 4) is 11.4 Å². The average molecular weight is 270 g/mol. The minimum absolute atomic E-state index is 0.454. The quantitative estimate of drug-likeness (QED) is 0.930. The molecule has 0 radical (unpaired) electrons. The molecule has 2 aromatic heterocycles. The monoisotopic (exact) mass is 270 g/mol. The first-order valence-corrected chi connectivity index (χ1v) is 7.40. The van der Waals surface area contributed by atoms with Gasteiger partial charge in [-0.25, -0.2) is 4.98 Å². The molecular weight excluding hydrogens is 248 g/mol. The zero-order valence-corrected chi connectivity index (χ0v) is 12.4. The molecule has 0 aromatic carbocycles. The number of hydrogen-bond donors (Lipinski definition) is 1. The van der Waals surface area contributed by atoms with Crippen molar-refractivity contribution in [2.24, 2.45) is 0 Å². The Morgan fingerprint density at radius 2 is 2.15 bits per heavy atom. The molecule has 3 heterocycles. The number of nitrogens with one attached hydrogen (secondary N) is 1. The molecule has 1 fully saturated rings. The number of H-pyrrole nitrogens is 1. The summed E-state index contributed by atoms with van der Waals surface area (Å²) in [4.78, 5) is 7.39. The number of hydrogen-bond acceptors (Lipinski definition) is 3. The summed E-state index contributed by atoms with van der Waals surface area (Å²) >= 11 is 0. The predicted octanol–water partition coefficient (Wildman–Crippen LogP) is 3.33. The Labute approximate surface area is 120 Å². The summed E-state index contributed by atoms with van der Waals surface area (Å²) in [6, 6.07) is 9.34. The number of aromatic amines is 1. The van der Waals surface area contributed by atoms with Gasteiger partial charge in [0.1, 0.15) is 5.69 Å². The lowest BCUT2D eigenvalue weighted by Crippen LogP contribution is -2.30. The van der Waals surface area contributed by atoms with E-state index in [1.165, 1.54) is 25.1 Å². The van der Waals surface area contributed by atoms with E-state index >= 15 is 0 Å². The first kappa shape index (κ1) is 13.3. The molecule has 3 rings (SSSR count). The number of aromatic nitrogens is 3. The lowest BCUT2D eigenvalue weighted by Gasteiger charge is -2.28. The average Bonchev–Trinajstić information content (AvgIpc) is 3.07. The molecule has 2 aromatic rings. The van der Waals surface area contributed by atoms with Gasteiger partial charge in [0, 0.05) is 11.7 Å². The minimum Gasteiger partial charge on any atom is -0.292 e. The predicted molar refractivity (Wildman–Crippen MR) is 80.4 cm³/mol. The van der Waals surface area contributed by atoms with Crippen molar-refractivity contribution in [1.29, 1.82) is 0 Å². The van der Waals surface area contributed by atoms with Gasteiger partial charge >= 0.3 is 0 Å². The number of aryl methyl sites for hydroxylation is 1. The van der Waals surface area contributed by atoms with Gasteiger partial charge in [0.15, 0.2) is 0 Å². The van der Waals surface area contributed by atoms with Crippen LogP contribution < -0.4 is 0 Å². The van der Waals surface area contributed by atoms with Gasteiger partial charge in [0.2, 0.25) is 0 Å². The molecule has 1 atom stereocenters. The van der Waals surface area contributed by atoms with Gasteiger partial charge in [-0.1, -0.05) is 6.07 Å². The third kappa shape index (κ3) is 2.48. The van der Waals surface area contributed by atoms with Crippen molar-refractivity contribution in [3.63, 3.8) is 0 Å². The van der Waals surface area contributed by atoms with Gasteiger partial charge < -0.3 is 0 Å². The van der Waals surface area contributed by atoms with E-state index < -0.39 is 0 Å². The highest BCUT2D eigenvalue weighted by Crippen LogP contribution is 2.33. The van der Waals surface area contributed by atoms with Crippen LogP contribution in [0.25, 0.3) is 11.4 Å². The molecule has 20 heavy (non-hydrogen) atoms. The standard InChI is InChI=1S/C16H22N4/c1-11(2)20-9-5-8-16(20)14-7-4-6-13(17-14)15-10-12(3)18-19-15/h4,6-7,10-11,16H,5,8-9H2,1-3H3,(H,18,19)/t16-/m0/s1. The lowest BCUT2D eigenvalue weighted by molar-refractivity contribution is 0.202. The summed E-state index contributed by atoms with van der Waals surface area (Å²) in [5, 5.41) is 7.29. The van der Waals surface area contributed by atoms with Crippen LogP contribution in [0.3, 0.4) is 0 Å². The Morgan fingerprint density at radius 3 is 2.85 bits per heavy atom. The summed E-state index contributed by atoms with van der Waals surface area (Å²) in [5.41, 5.74) is 4.13. The molecule has 1 N–H and O–H groups in total. The highest BCUT2D eigenvalue weighted by atomic mass is 15.2. The van der Waals surface area contributed by atoms with E-state index in [0.717, 1.165) is 17.1 Å². The third-order valence-electron chi connectivity index (χ3n) is 4.04. The zero-order valence-electron chi connectivity index (χ0n) is 12.4. The minimum atomic E-state index is 0.454. The number of rotatable bonds is 3. The van der Waals surface area contributed by atoms with Crippen LogP contribution >= 0.6 is 0 Å². The normalized spacial score (nSPS) is 19.9. The van der Waals surface area contributed by atoms with Crippen LogP contribution in [-0.4, -0.2) is 32.7 Å². The highest BCUT2D eigenvalue weighted by Gasteiger charge is 2.28. The van der Waals surface area contributed by atoms with E-state index in [1.807, 2.05) is 19.1 Å². The summed E-state index contributed by atoms with van der Waals surface area (Å²) in [7, 11) is 0. The van der Waals surface area contributed by atoms with E-state index in [0.29, 0.717) is 12.1 Å². The van der Waals surface area contributed by atoms with Gasteiger partial charge in [0.25, 0.3) is 0 Å². The number of pyridine rings is 1. The Bertz CT molecular complexity index is 588. The highest BCUT2D eigenvalue weighted by molar-refractivity contribution is 5.54. The molecule has 0 unspecified atom stereocenters. The van der Waals surface area contributed by atoms with Crippen LogP contribution in [0.1, 0.15) is 44.1 Å². The van der Waals surface area contributed by atoms with Gasteiger partial charge in [-0.15, -0.1) is 0 Å². The third-order valence-corrected chi connectivity index (χ3v) is 4.04. The molecule has 0 amide bonds. The molecule has 1 aliphatic rings. The molecular formula is C16H22N4. The SMILES string of the molecule is Cc1cc(-c2cccc([C@@H]3CCCN3C(C)C)n2)n[nH]1. The summed E-state index contributed by atoms with van der Waals surface area (Å²) in [6.07, 6.45) is 2.46. The topological polar surface area (TPSA) is 44.8 Å². The molecule has 4 nitrogen and oxygen atoms in total. The van der Waals surface area contributed by atoms with Crippen molar-refractivity contribution in [3.05, 3.63) is 35.7 Å². The Morgan fingerprint density at radius 1 is 1.30 bits per heavy atom. The fourth-order valence-electron chi connectivity index (χ4n) is 3.05. The molecule has 4 heteroatoms. The van der Waals surface area contributed by atoms with Crippen LogP contribution in [0, 0.1) is 6.92 Å². The first-order valence-electron chi connectivity index (χ1n) is 7.40. The number of likely N-dealkylation sites (tertiary alicyclic amines) is 1. The molecule has 0 saturated carbocycles. The summed E-state index contributed by atoms with van der Waals surface area (Å²) in [6.45, 7) is 7.71. The van der Waals surface area contributed by atoms with Gasteiger partial charge in [-0.3, -0.25) is 10.00 Å².